The number of halogens is 2. The molecule has 2 aromatic rings. The van der Waals surface area contributed by atoms with Gasteiger partial charge < -0.3 is 10.6 Å². The van der Waals surface area contributed by atoms with Gasteiger partial charge in [0.05, 0.1) is 10.7 Å². The molecule has 0 spiro atoms. The quantitative estimate of drug-likeness (QED) is 0.858. The Kier molecular flexibility index (Phi) is 5.08. The van der Waals surface area contributed by atoms with Crippen molar-refractivity contribution >= 4 is 33.2 Å². The highest BCUT2D eigenvalue weighted by Gasteiger charge is 2.10. The van der Waals surface area contributed by atoms with Gasteiger partial charge in [0.1, 0.15) is 0 Å². The van der Waals surface area contributed by atoms with Gasteiger partial charge in [0.25, 0.3) is 0 Å². The zero-order chi connectivity index (χ0) is 14.7. The van der Waals surface area contributed by atoms with E-state index in [2.05, 4.69) is 26.9 Å². The van der Waals surface area contributed by atoms with E-state index in [1.165, 1.54) is 5.56 Å². The van der Waals surface area contributed by atoms with Crippen molar-refractivity contribution in [2.45, 2.75) is 19.5 Å². The van der Waals surface area contributed by atoms with Crippen LogP contribution in [-0.4, -0.2) is 7.05 Å². The summed E-state index contributed by atoms with van der Waals surface area (Å²) in [5.41, 5.74) is 9.15. The predicted octanol–water partition coefficient (Wildman–Crippen LogP) is 4.76. The van der Waals surface area contributed by atoms with Crippen molar-refractivity contribution in [3.63, 3.8) is 0 Å². The van der Waals surface area contributed by atoms with E-state index in [0.29, 0.717) is 0 Å². The lowest BCUT2D eigenvalue weighted by molar-refractivity contribution is 0.817. The lowest BCUT2D eigenvalue weighted by Crippen LogP contribution is -2.17. The first kappa shape index (κ1) is 15.4. The third-order valence-corrected chi connectivity index (χ3v) is 4.35. The Bertz CT molecular complexity index is 599. The van der Waals surface area contributed by atoms with Gasteiger partial charge in [0.2, 0.25) is 0 Å². The van der Waals surface area contributed by atoms with Crippen molar-refractivity contribution in [1.29, 1.82) is 0 Å². The summed E-state index contributed by atoms with van der Waals surface area (Å²) in [6.07, 6.45) is 0. The fourth-order valence-electron chi connectivity index (χ4n) is 2.08. The van der Waals surface area contributed by atoms with Crippen LogP contribution in [0.15, 0.2) is 46.9 Å². The monoisotopic (exact) mass is 352 g/mol. The molecular weight excluding hydrogens is 336 g/mol. The molecule has 0 bridgehead atoms. The van der Waals surface area contributed by atoms with Gasteiger partial charge in [-0.05, 0) is 36.2 Å². The molecule has 20 heavy (non-hydrogen) atoms. The summed E-state index contributed by atoms with van der Waals surface area (Å²) in [7, 11) is 2.03. The van der Waals surface area contributed by atoms with Crippen LogP contribution in [0.25, 0.3) is 0 Å². The SMILES string of the molecule is CC(N)c1ccc(N(C)Cc2ccccc2Br)c(Cl)c1. The number of nitrogens with two attached hydrogens (primary N) is 1. The van der Waals surface area contributed by atoms with Gasteiger partial charge in [0, 0.05) is 24.1 Å². The lowest BCUT2D eigenvalue weighted by Gasteiger charge is -2.22. The molecule has 2 nitrogen and oxygen atoms in total. The number of anilines is 1. The van der Waals surface area contributed by atoms with Crippen molar-refractivity contribution in [3.8, 4) is 0 Å². The van der Waals surface area contributed by atoms with Crippen LogP contribution in [0.2, 0.25) is 5.02 Å². The molecule has 4 heteroatoms. The maximum Gasteiger partial charge on any atom is 0.0642 e. The highest BCUT2D eigenvalue weighted by molar-refractivity contribution is 9.10. The van der Waals surface area contributed by atoms with Crippen LogP contribution in [0.5, 0.6) is 0 Å². The zero-order valence-electron chi connectivity index (χ0n) is 11.6. The molecule has 2 rings (SSSR count). The summed E-state index contributed by atoms with van der Waals surface area (Å²) >= 11 is 9.94. The first-order chi connectivity index (χ1) is 9.49. The second-order valence-corrected chi connectivity index (χ2v) is 6.21. The van der Waals surface area contributed by atoms with E-state index in [1.54, 1.807) is 0 Å². The zero-order valence-corrected chi connectivity index (χ0v) is 13.9. The summed E-state index contributed by atoms with van der Waals surface area (Å²) < 4.78 is 1.11. The van der Waals surface area contributed by atoms with Gasteiger partial charge in [-0.25, -0.2) is 0 Å². The van der Waals surface area contributed by atoms with Crippen molar-refractivity contribution in [2.24, 2.45) is 5.73 Å². The Balaban J connectivity index is 2.21. The van der Waals surface area contributed by atoms with Crippen LogP contribution in [0.4, 0.5) is 5.69 Å². The normalized spacial score (nSPS) is 12.2. The predicted molar refractivity (Wildman–Crippen MR) is 90.3 cm³/mol. The minimum atomic E-state index is -0.00451. The van der Waals surface area contributed by atoms with Crippen molar-refractivity contribution in [3.05, 3.63) is 63.1 Å². The van der Waals surface area contributed by atoms with E-state index in [1.807, 2.05) is 50.4 Å². The number of hydrogen-bond donors (Lipinski definition) is 1. The molecule has 106 valence electrons. The third kappa shape index (κ3) is 3.54. The van der Waals surface area contributed by atoms with Crippen LogP contribution < -0.4 is 10.6 Å². The number of benzene rings is 2. The number of hydrogen-bond acceptors (Lipinski definition) is 2. The molecule has 0 saturated carbocycles. The lowest BCUT2D eigenvalue weighted by atomic mass is 10.1. The molecule has 0 aliphatic rings. The van der Waals surface area contributed by atoms with E-state index in [9.17, 15) is 0 Å². The van der Waals surface area contributed by atoms with Crippen LogP contribution >= 0.6 is 27.5 Å². The average Bonchev–Trinajstić information content (AvgIpc) is 2.41. The molecule has 0 aliphatic carbocycles. The standard InChI is InChI=1S/C16H18BrClN2/c1-11(19)12-7-8-16(15(18)9-12)20(2)10-13-5-3-4-6-14(13)17/h3-9,11H,10,19H2,1-2H3. The average molecular weight is 354 g/mol. The smallest absolute Gasteiger partial charge is 0.0642 e. The first-order valence-electron chi connectivity index (χ1n) is 6.48. The van der Waals surface area contributed by atoms with Crippen molar-refractivity contribution in [1.82, 2.24) is 0 Å². The molecule has 0 radical (unpaired) electrons. The maximum atomic E-state index is 6.37. The first-order valence-corrected chi connectivity index (χ1v) is 7.65. The molecular formula is C16H18BrClN2. The largest absolute Gasteiger partial charge is 0.369 e. The summed E-state index contributed by atoms with van der Waals surface area (Å²) in [6.45, 7) is 2.74. The molecule has 0 saturated heterocycles. The maximum absolute atomic E-state index is 6.37. The Hall–Kier alpha value is -1.03. The summed E-state index contributed by atoms with van der Waals surface area (Å²) in [4.78, 5) is 2.13. The van der Waals surface area contributed by atoms with Crippen LogP contribution in [0.1, 0.15) is 24.1 Å². The molecule has 1 unspecified atom stereocenters. The van der Waals surface area contributed by atoms with E-state index < -0.39 is 0 Å². The Labute approximate surface area is 133 Å². The van der Waals surface area contributed by atoms with Gasteiger partial charge in [-0.3, -0.25) is 0 Å². The molecule has 2 aromatic carbocycles. The molecule has 0 heterocycles. The third-order valence-electron chi connectivity index (χ3n) is 3.27. The molecule has 0 amide bonds. The van der Waals surface area contributed by atoms with Gasteiger partial charge in [-0.15, -0.1) is 0 Å². The van der Waals surface area contributed by atoms with Gasteiger partial charge in [0.15, 0.2) is 0 Å². The molecule has 1 atom stereocenters. The molecule has 0 aromatic heterocycles. The van der Waals surface area contributed by atoms with Crippen LogP contribution in [0.3, 0.4) is 0 Å². The van der Waals surface area contributed by atoms with E-state index in [-0.39, 0.29) is 6.04 Å². The van der Waals surface area contributed by atoms with Gasteiger partial charge in [-0.2, -0.15) is 0 Å². The van der Waals surface area contributed by atoms with E-state index in [4.69, 9.17) is 17.3 Å². The highest BCUT2D eigenvalue weighted by Crippen LogP contribution is 2.29. The minimum Gasteiger partial charge on any atom is -0.369 e. The van der Waals surface area contributed by atoms with Crippen molar-refractivity contribution < 1.29 is 0 Å². The second-order valence-electron chi connectivity index (χ2n) is 4.95. The van der Waals surface area contributed by atoms with E-state index in [0.717, 1.165) is 27.3 Å². The molecule has 0 aliphatic heterocycles. The fourth-order valence-corrected chi connectivity index (χ4v) is 2.83. The van der Waals surface area contributed by atoms with Crippen molar-refractivity contribution in [2.75, 3.05) is 11.9 Å². The van der Waals surface area contributed by atoms with Gasteiger partial charge in [-0.1, -0.05) is 51.8 Å². The van der Waals surface area contributed by atoms with E-state index >= 15 is 0 Å². The number of rotatable bonds is 4. The summed E-state index contributed by atoms with van der Waals surface area (Å²) in [5.74, 6) is 0. The van der Waals surface area contributed by atoms with Gasteiger partial charge >= 0.3 is 0 Å². The number of nitrogens with zero attached hydrogens (tertiary/aromatic N) is 1. The topological polar surface area (TPSA) is 29.3 Å². The Morgan fingerprint density at radius 3 is 2.55 bits per heavy atom. The highest BCUT2D eigenvalue weighted by atomic mass is 79.9. The molecule has 2 N–H and O–H groups in total. The summed E-state index contributed by atoms with van der Waals surface area (Å²) in [5, 5.41) is 0.731. The second kappa shape index (κ2) is 6.61. The Morgan fingerprint density at radius 1 is 1.25 bits per heavy atom. The fraction of sp³-hybridized carbons (Fsp3) is 0.250. The van der Waals surface area contributed by atoms with Crippen LogP contribution in [-0.2, 0) is 6.54 Å². The summed E-state index contributed by atoms with van der Waals surface area (Å²) in [6, 6.07) is 14.2. The Morgan fingerprint density at radius 2 is 1.95 bits per heavy atom. The minimum absolute atomic E-state index is 0.00451. The molecule has 0 fully saturated rings. The van der Waals surface area contributed by atoms with Crippen LogP contribution in [0, 0.1) is 0 Å².